The van der Waals surface area contributed by atoms with Gasteiger partial charge in [-0.2, -0.15) is 13.2 Å². The highest BCUT2D eigenvalue weighted by Gasteiger charge is 2.62. The van der Waals surface area contributed by atoms with E-state index >= 15 is 0 Å². The summed E-state index contributed by atoms with van der Waals surface area (Å²) in [7, 11) is 0. The number of nitrogens with zero attached hydrogens (tertiary/aromatic N) is 1. The summed E-state index contributed by atoms with van der Waals surface area (Å²) in [6.07, 6.45) is -1.97. The first kappa shape index (κ1) is 22.6. The van der Waals surface area contributed by atoms with Crippen molar-refractivity contribution in [3.05, 3.63) is 28.8 Å². The highest BCUT2D eigenvalue weighted by atomic mass is 35.5. The molecule has 7 nitrogen and oxygen atoms in total. The lowest BCUT2D eigenvalue weighted by Gasteiger charge is -2.23. The Morgan fingerprint density at radius 1 is 1.19 bits per heavy atom. The van der Waals surface area contributed by atoms with Crippen LogP contribution in [0.2, 0.25) is 5.02 Å². The van der Waals surface area contributed by atoms with Crippen molar-refractivity contribution in [1.29, 1.82) is 0 Å². The van der Waals surface area contributed by atoms with Gasteiger partial charge in [0.15, 0.2) is 6.61 Å². The van der Waals surface area contributed by atoms with E-state index in [1.54, 1.807) is 0 Å². The van der Waals surface area contributed by atoms with Crippen molar-refractivity contribution in [3.8, 4) is 0 Å². The number of fused-ring (bicyclic) bond motifs is 5. The van der Waals surface area contributed by atoms with Crippen LogP contribution < -0.4 is 5.32 Å². The summed E-state index contributed by atoms with van der Waals surface area (Å²) in [6.45, 7) is 0.534. The first-order valence-corrected chi connectivity index (χ1v) is 10.6. The number of carbonyl (C=O) groups excluding carboxylic acids is 4. The zero-order chi connectivity index (χ0) is 23.4. The second-order valence-electron chi connectivity index (χ2n) is 8.46. The van der Waals surface area contributed by atoms with Gasteiger partial charge in [0.2, 0.25) is 11.8 Å². The highest BCUT2D eigenvalue weighted by molar-refractivity contribution is 6.33. The molecule has 5 atom stereocenters. The molecule has 1 saturated heterocycles. The number of benzene rings is 1. The van der Waals surface area contributed by atoms with E-state index < -0.39 is 36.3 Å². The third-order valence-electron chi connectivity index (χ3n) is 6.60. The Balaban J connectivity index is 1.35. The molecule has 0 unspecified atom stereocenters. The average molecular weight is 473 g/mol. The molecule has 3 amide bonds. The van der Waals surface area contributed by atoms with Gasteiger partial charge >= 0.3 is 12.1 Å². The Morgan fingerprint density at radius 3 is 2.34 bits per heavy atom. The van der Waals surface area contributed by atoms with Crippen LogP contribution in [0, 0.1) is 23.7 Å². The molecule has 0 aromatic heterocycles. The molecule has 2 saturated carbocycles. The van der Waals surface area contributed by atoms with E-state index in [9.17, 15) is 32.3 Å². The smallest absolute Gasteiger partial charge is 0.416 e. The van der Waals surface area contributed by atoms with Crippen LogP contribution in [0.1, 0.15) is 31.7 Å². The number of likely N-dealkylation sites (tertiary alicyclic amines) is 1. The summed E-state index contributed by atoms with van der Waals surface area (Å²) in [4.78, 5) is 51.0. The average Bonchev–Trinajstić information content (AvgIpc) is 3.40. The van der Waals surface area contributed by atoms with Crippen molar-refractivity contribution in [2.75, 3.05) is 11.9 Å². The van der Waals surface area contributed by atoms with Gasteiger partial charge in [-0.15, -0.1) is 0 Å². The number of carbonyl (C=O) groups is 4. The molecule has 11 heteroatoms. The number of hydrogen-bond donors (Lipinski definition) is 1. The minimum Gasteiger partial charge on any atom is -0.454 e. The minimum absolute atomic E-state index is 0.125. The summed E-state index contributed by atoms with van der Waals surface area (Å²) >= 11 is 5.83. The Hall–Kier alpha value is -2.62. The van der Waals surface area contributed by atoms with E-state index in [1.807, 2.05) is 0 Å². The fourth-order valence-corrected chi connectivity index (χ4v) is 5.32. The molecule has 2 aliphatic carbocycles. The largest absolute Gasteiger partial charge is 0.454 e. The zero-order valence-electron chi connectivity index (χ0n) is 16.9. The van der Waals surface area contributed by atoms with Gasteiger partial charge in [-0.1, -0.05) is 11.6 Å². The predicted molar refractivity (Wildman–Crippen MR) is 105 cm³/mol. The Labute approximate surface area is 186 Å². The van der Waals surface area contributed by atoms with Gasteiger partial charge in [0.1, 0.15) is 6.04 Å². The van der Waals surface area contributed by atoms with Crippen molar-refractivity contribution in [1.82, 2.24) is 4.90 Å². The number of alkyl halides is 3. The first-order valence-electron chi connectivity index (χ1n) is 10.2. The lowest BCUT2D eigenvalue weighted by Crippen LogP contribution is -2.45. The molecule has 172 valence electrons. The fourth-order valence-electron chi connectivity index (χ4n) is 5.16. The quantitative estimate of drug-likeness (QED) is 0.524. The molecular weight excluding hydrogens is 453 g/mol. The summed E-state index contributed by atoms with van der Waals surface area (Å²) in [6, 6.07) is 1.22. The second kappa shape index (κ2) is 8.06. The van der Waals surface area contributed by atoms with Crippen LogP contribution in [0.25, 0.3) is 0 Å². The number of rotatable bonds is 5. The van der Waals surface area contributed by atoms with Crippen LogP contribution in [0.4, 0.5) is 18.9 Å². The van der Waals surface area contributed by atoms with Crippen LogP contribution in [0.3, 0.4) is 0 Å². The summed E-state index contributed by atoms with van der Waals surface area (Å²) in [5, 5.41) is 2.04. The summed E-state index contributed by atoms with van der Waals surface area (Å²) in [5.41, 5.74) is -1.29. The third-order valence-corrected chi connectivity index (χ3v) is 6.93. The first-order chi connectivity index (χ1) is 15.0. The summed E-state index contributed by atoms with van der Waals surface area (Å²) < 4.78 is 43.4. The van der Waals surface area contributed by atoms with Gasteiger partial charge in [-0.05, 0) is 56.2 Å². The minimum atomic E-state index is -4.63. The van der Waals surface area contributed by atoms with Crippen LogP contribution >= 0.6 is 11.6 Å². The molecule has 1 aliphatic heterocycles. The number of hydrogen-bond acceptors (Lipinski definition) is 5. The highest BCUT2D eigenvalue weighted by Crippen LogP contribution is 2.56. The molecule has 0 spiro atoms. The number of nitrogens with one attached hydrogen (secondary N) is 1. The van der Waals surface area contributed by atoms with Crippen LogP contribution in [0.5, 0.6) is 0 Å². The van der Waals surface area contributed by atoms with Crippen molar-refractivity contribution >= 4 is 41.0 Å². The fraction of sp³-hybridized carbons (Fsp3) is 0.524. The van der Waals surface area contributed by atoms with Gasteiger partial charge in [0, 0.05) is 0 Å². The molecule has 1 aromatic rings. The standard InChI is InChI=1S/C21H20ClF3N2O5/c1-9(27-18(29)16-10-2-3-11(6-10)17(16)19(27)30)20(31)32-8-15(28)26-14-7-12(21(23,24)25)4-5-13(14)22/h4-5,7,9-11,16-17H,2-3,6,8H2,1H3,(H,26,28)/t9-,10-,11+,16-,17+/m1/s1. The van der Waals surface area contributed by atoms with Crippen LogP contribution in [0.15, 0.2) is 18.2 Å². The molecule has 3 fully saturated rings. The van der Waals surface area contributed by atoms with Crippen molar-refractivity contribution < 1.29 is 37.1 Å². The topological polar surface area (TPSA) is 92.8 Å². The molecule has 3 aliphatic rings. The molecule has 0 radical (unpaired) electrons. The number of esters is 1. The maximum absolute atomic E-state index is 12.8. The van der Waals surface area contributed by atoms with Gasteiger partial charge in [0.05, 0.1) is 28.1 Å². The maximum Gasteiger partial charge on any atom is 0.416 e. The molecule has 4 rings (SSSR count). The Bertz CT molecular complexity index is 970. The molecule has 2 bridgehead atoms. The summed E-state index contributed by atoms with van der Waals surface area (Å²) in [5.74, 6) is -3.07. The normalized spacial score (nSPS) is 27.5. The maximum atomic E-state index is 12.8. The Morgan fingerprint density at radius 2 is 1.78 bits per heavy atom. The van der Waals surface area contributed by atoms with Crippen LogP contribution in [-0.2, 0) is 30.1 Å². The number of ether oxygens (including phenoxy) is 1. The number of halogens is 4. The second-order valence-corrected chi connectivity index (χ2v) is 8.86. The van der Waals surface area contributed by atoms with Crippen LogP contribution in [-0.4, -0.2) is 41.2 Å². The van der Waals surface area contributed by atoms with Gasteiger partial charge < -0.3 is 10.1 Å². The Kier molecular flexibility index (Phi) is 5.68. The van der Waals surface area contributed by atoms with E-state index in [2.05, 4.69) is 5.32 Å². The van der Waals surface area contributed by atoms with E-state index in [0.717, 1.165) is 36.3 Å². The lowest BCUT2D eigenvalue weighted by molar-refractivity contribution is -0.159. The molecule has 1 heterocycles. The molecular formula is C21H20ClF3N2O5. The lowest BCUT2D eigenvalue weighted by atomic mass is 9.81. The van der Waals surface area contributed by atoms with Crippen molar-refractivity contribution in [3.63, 3.8) is 0 Å². The van der Waals surface area contributed by atoms with E-state index in [0.29, 0.717) is 6.07 Å². The predicted octanol–water partition coefficient (Wildman–Crippen LogP) is 3.26. The van der Waals surface area contributed by atoms with Gasteiger partial charge in [-0.25, -0.2) is 4.79 Å². The zero-order valence-corrected chi connectivity index (χ0v) is 17.7. The molecule has 32 heavy (non-hydrogen) atoms. The van der Waals surface area contributed by atoms with Gasteiger partial charge in [0.25, 0.3) is 5.91 Å². The van der Waals surface area contributed by atoms with E-state index in [1.165, 1.54) is 6.92 Å². The van der Waals surface area contributed by atoms with Gasteiger partial charge in [-0.3, -0.25) is 19.3 Å². The van der Waals surface area contributed by atoms with E-state index in [-0.39, 0.29) is 46.2 Å². The number of anilines is 1. The van der Waals surface area contributed by atoms with E-state index in [4.69, 9.17) is 16.3 Å². The van der Waals surface area contributed by atoms with Crippen molar-refractivity contribution in [2.24, 2.45) is 23.7 Å². The number of amides is 3. The number of imide groups is 1. The van der Waals surface area contributed by atoms with Crippen molar-refractivity contribution in [2.45, 2.75) is 38.4 Å². The third kappa shape index (κ3) is 3.85. The molecule has 1 N–H and O–H groups in total. The molecule has 1 aromatic carbocycles. The SMILES string of the molecule is C[C@H](C(=O)OCC(=O)Nc1cc(C(F)(F)F)ccc1Cl)N1C(=O)[C@@H]2[C@@H]3CC[C@@H](C3)[C@@H]2C1=O. The monoisotopic (exact) mass is 472 g/mol.